The zero-order valence-electron chi connectivity index (χ0n) is 14.7. The predicted octanol–water partition coefficient (Wildman–Crippen LogP) is 2.86. The molecule has 0 aromatic carbocycles. The predicted molar refractivity (Wildman–Crippen MR) is 96.4 cm³/mol. The molecular weight excluding hydrogens is 316 g/mol. The maximum absolute atomic E-state index is 5.90. The number of anilines is 1. The Morgan fingerprint density at radius 1 is 1.24 bits per heavy atom. The van der Waals surface area contributed by atoms with Gasteiger partial charge in [-0.1, -0.05) is 0 Å². The summed E-state index contributed by atoms with van der Waals surface area (Å²) < 4.78 is 13.4. The molecule has 0 unspecified atom stereocenters. The molecule has 3 aromatic heterocycles. The van der Waals surface area contributed by atoms with E-state index in [2.05, 4.69) is 30.1 Å². The van der Waals surface area contributed by atoms with Crippen LogP contribution in [0.15, 0.2) is 30.6 Å². The van der Waals surface area contributed by atoms with Crippen LogP contribution in [0.3, 0.4) is 0 Å². The number of fused-ring (bicyclic) bond motifs is 1. The first-order valence-electron chi connectivity index (χ1n) is 8.38. The molecule has 6 heteroatoms. The van der Waals surface area contributed by atoms with Crippen molar-refractivity contribution in [1.29, 1.82) is 0 Å². The lowest BCUT2D eigenvalue weighted by atomic mass is 9.95. The fourth-order valence-corrected chi connectivity index (χ4v) is 3.53. The molecule has 0 saturated carbocycles. The SMILES string of the molecule is CO[C@@]1(c2cc(C)cc(-c3cc(C)n4cnc(N)cc34)n2)CCOC1. The van der Waals surface area contributed by atoms with Crippen molar-refractivity contribution < 1.29 is 9.47 Å². The van der Waals surface area contributed by atoms with Crippen molar-refractivity contribution in [1.82, 2.24) is 14.4 Å². The number of nitrogens with two attached hydrogens (primary N) is 1. The molecule has 4 rings (SSSR count). The van der Waals surface area contributed by atoms with Crippen LogP contribution in [0.2, 0.25) is 0 Å². The molecule has 0 bridgehead atoms. The van der Waals surface area contributed by atoms with Gasteiger partial charge in [0.25, 0.3) is 0 Å². The van der Waals surface area contributed by atoms with E-state index < -0.39 is 5.60 Å². The highest BCUT2D eigenvalue weighted by Gasteiger charge is 2.38. The topological polar surface area (TPSA) is 74.7 Å². The van der Waals surface area contributed by atoms with E-state index in [0.717, 1.165) is 40.1 Å². The summed E-state index contributed by atoms with van der Waals surface area (Å²) in [6.07, 6.45) is 2.56. The smallest absolute Gasteiger partial charge is 0.135 e. The Kier molecular flexibility index (Phi) is 3.74. The largest absolute Gasteiger partial charge is 0.384 e. The number of ether oxygens (including phenoxy) is 2. The number of aryl methyl sites for hydroxylation is 2. The summed E-state index contributed by atoms with van der Waals surface area (Å²) in [6, 6.07) is 8.18. The fourth-order valence-electron chi connectivity index (χ4n) is 3.53. The molecule has 1 fully saturated rings. The summed E-state index contributed by atoms with van der Waals surface area (Å²) in [7, 11) is 1.72. The van der Waals surface area contributed by atoms with Crippen LogP contribution in [-0.4, -0.2) is 34.7 Å². The number of hydrogen-bond acceptors (Lipinski definition) is 5. The third kappa shape index (κ3) is 2.58. The third-order valence-corrected chi connectivity index (χ3v) is 4.96. The first-order chi connectivity index (χ1) is 12.0. The van der Waals surface area contributed by atoms with Crippen LogP contribution in [-0.2, 0) is 15.1 Å². The second-order valence-corrected chi connectivity index (χ2v) is 6.68. The molecule has 1 aliphatic heterocycles. The van der Waals surface area contributed by atoms with Gasteiger partial charge in [0, 0.05) is 37.5 Å². The highest BCUT2D eigenvalue weighted by molar-refractivity contribution is 5.81. The first kappa shape index (κ1) is 16.1. The van der Waals surface area contributed by atoms with Gasteiger partial charge in [0.2, 0.25) is 0 Å². The Bertz CT molecular complexity index is 942. The molecule has 0 radical (unpaired) electrons. The van der Waals surface area contributed by atoms with E-state index in [4.69, 9.17) is 20.2 Å². The molecule has 3 aromatic rings. The normalized spacial score (nSPS) is 20.4. The van der Waals surface area contributed by atoms with Gasteiger partial charge in [0.15, 0.2) is 0 Å². The van der Waals surface area contributed by atoms with E-state index in [1.165, 1.54) is 0 Å². The molecule has 4 heterocycles. The number of methoxy groups -OCH3 is 1. The molecule has 1 atom stereocenters. The average Bonchev–Trinajstić information content (AvgIpc) is 3.20. The van der Waals surface area contributed by atoms with Gasteiger partial charge in [0.05, 0.1) is 23.5 Å². The molecule has 0 aliphatic carbocycles. The minimum Gasteiger partial charge on any atom is -0.384 e. The van der Waals surface area contributed by atoms with Crippen LogP contribution in [0.5, 0.6) is 0 Å². The van der Waals surface area contributed by atoms with Gasteiger partial charge in [-0.15, -0.1) is 0 Å². The average molecular weight is 338 g/mol. The van der Waals surface area contributed by atoms with Gasteiger partial charge in [-0.2, -0.15) is 0 Å². The van der Waals surface area contributed by atoms with Crippen LogP contribution >= 0.6 is 0 Å². The number of nitrogen functional groups attached to an aromatic ring is 1. The molecule has 0 spiro atoms. The second-order valence-electron chi connectivity index (χ2n) is 6.68. The van der Waals surface area contributed by atoms with Crippen molar-refractivity contribution in [2.24, 2.45) is 0 Å². The summed E-state index contributed by atoms with van der Waals surface area (Å²) in [5.41, 5.74) is 11.5. The summed E-state index contributed by atoms with van der Waals surface area (Å²) in [5, 5.41) is 0. The summed E-state index contributed by atoms with van der Waals surface area (Å²) in [5.74, 6) is 0.497. The Hall–Kier alpha value is -2.44. The molecule has 6 nitrogen and oxygen atoms in total. The van der Waals surface area contributed by atoms with E-state index in [1.54, 1.807) is 13.4 Å². The zero-order chi connectivity index (χ0) is 17.6. The Labute approximate surface area is 146 Å². The Morgan fingerprint density at radius 2 is 2.08 bits per heavy atom. The molecule has 130 valence electrons. The number of rotatable bonds is 3. The molecule has 2 N–H and O–H groups in total. The summed E-state index contributed by atoms with van der Waals surface area (Å²) >= 11 is 0. The lowest BCUT2D eigenvalue weighted by Crippen LogP contribution is -2.30. The van der Waals surface area contributed by atoms with Gasteiger partial charge in [-0.25, -0.2) is 9.97 Å². The maximum atomic E-state index is 5.90. The van der Waals surface area contributed by atoms with Crippen molar-refractivity contribution in [3.8, 4) is 11.3 Å². The molecule has 1 saturated heterocycles. The minimum absolute atomic E-state index is 0.466. The third-order valence-electron chi connectivity index (χ3n) is 4.96. The van der Waals surface area contributed by atoms with Crippen LogP contribution in [0.25, 0.3) is 16.8 Å². The van der Waals surface area contributed by atoms with Crippen molar-refractivity contribution in [3.05, 3.63) is 47.5 Å². The Balaban J connectivity index is 1.91. The van der Waals surface area contributed by atoms with Crippen molar-refractivity contribution in [2.75, 3.05) is 26.1 Å². The maximum Gasteiger partial charge on any atom is 0.135 e. The molecule has 0 amide bonds. The highest BCUT2D eigenvalue weighted by Crippen LogP contribution is 2.35. The van der Waals surface area contributed by atoms with Gasteiger partial charge < -0.3 is 19.6 Å². The van der Waals surface area contributed by atoms with Crippen molar-refractivity contribution in [3.63, 3.8) is 0 Å². The van der Waals surface area contributed by atoms with Gasteiger partial charge >= 0.3 is 0 Å². The number of pyridine rings is 1. The van der Waals surface area contributed by atoms with Crippen LogP contribution in [0.1, 0.15) is 23.4 Å². The van der Waals surface area contributed by atoms with E-state index in [1.807, 2.05) is 17.4 Å². The van der Waals surface area contributed by atoms with Crippen LogP contribution < -0.4 is 5.73 Å². The van der Waals surface area contributed by atoms with E-state index in [0.29, 0.717) is 19.0 Å². The quantitative estimate of drug-likeness (QED) is 0.795. The van der Waals surface area contributed by atoms with Crippen LogP contribution in [0.4, 0.5) is 5.82 Å². The number of nitrogens with zero attached hydrogens (tertiary/aromatic N) is 3. The molecular formula is C19H22N4O2. The van der Waals surface area contributed by atoms with E-state index >= 15 is 0 Å². The highest BCUT2D eigenvalue weighted by atomic mass is 16.5. The van der Waals surface area contributed by atoms with Gasteiger partial charge in [0.1, 0.15) is 17.7 Å². The van der Waals surface area contributed by atoms with Gasteiger partial charge in [-0.3, -0.25) is 0 Å². The number of aromatic nitrogens is 3. The van der Waals surface area contributed by atoms with Crippen molar-refractivity contribution in [2.45, 2.75) is 25.9 Å². The molecule has 25 heavy (non-hydrogen) atoms. The Morgan fingerprint density at radius 3 is 2.80 bits per heavy atom. The lowest BCUT2D eigenvalue weighted by molar-refractivity contribution is -0.0245. The lowest BCUT2D eigenvalue weighted by Gasteiger charge is -2.26. The fraction of sp³-hybridized carbons (Fsp3) is 0.368. The number of hydrogen-bond donors (Lipinski definition) is 1. The summed E-state index contributed by atoms with van der Waals surface area (Å²) in [6.45, 7) is 5.35. The molecule has 1 aliphatic rings. The monoisotopic (exact) mass is 338 g/mol. The van der Waals surface area contributed by atoms with Crippen molar-refractivity contribution >= 4 is 11.3 Å². The van der Waals surface area contributed by atoms with Gasteiger partial charge in [-0.05, 0) is 37.6 Å². The zero-order valence-corrected chi connectivity index (χ0v) is 14.7. The minimum atomic E-state index is -0.466. The van der Waals surface area contributed by atoms with E-state index in [9.17, 15) is 0 Å². The van der Waals surface area contributed by atoms with Crippen LogP contribution in [0, 0.1) is 13.8 Å². The summed E-state index contributed by atoms with van der Waals surface area (Å²) in [4.78, 5) is 9.12. The van der Waals surface area contributed by atoms with E-state index in [-0.39, 0.29) is 0 Å². The first-order valence-corrected chi connectivity index (χ1v) is 8.38. The second kappa shape index (κ2) is 5.82. The standard InChI is InChI=1S/C19H22N4O2/c1-12-6-15(22-17(7-12)19(24-3)4-5-25-10-19)14-8-13(2)23-11-21-18(20)9-16(14)23/h6-9,11H,4-5,10,20H2,1-3H3/t19-/m0/s1.